The summed E-state index contributed by atoms with van der Waals surface area (Å²) in [6.45, 7) is 3.53. The van der Waals surface area contributed by atoms with Gasteiger partial charge in [0, 0.05) is 22.0 Å². The number of hydrogen-bond donors (Lipinski definition) is 2. The molecule has 0 aromatic heterocycles. The first kappa shape index (κ1) is 21.0. The average Bonchev–Trinajstić information content (AvgIpc) is 2.69. The van der Waals surface area contributed by atoms with Crippen LogP contribution in [0.2, 0.25) is 0 Å². The highest BCUT2D eigenvalue weighted by atomic mass is 32.2. The van der Waals surface area contributed by atoms with E-state index >= 15 is 0 Å². The Labute approximate surface area is 175 Å². The van der Waals surface area contributed by atoms with E-state index in [1.807, 2.05) is 50.5 Å². The number of nitrogens with one attached hydrogen (secondary N) is 2. The van der Waals surface area contributed by atoms with Crippen molar-refractivity contribution in [1.29, 1.82) is 0 Å². The summed E-state index contributed by atoms with van der Waals surface area (Å²) in [7, 11) is 4.02. The molecule has 0 bridgehead atoms. The second kappa shape index (κ2) is 9.67. The highest BCUT2D eigenvalue weighted by Crippen LogP contribution is 2.48. The van der Waals surface area contributed by atoms with Crippen molar-refractivity contribution in [3.05, 3.63) is 42.5 Å². The Morgan fingerprint density at radius 1 is 1.10 bits per heavy atom. The van der Waals surface area contributed by atoms with Gasteiger partial charge in [0.15, 0.2) is 0 Å². The lowest BCUT2D eigenvalue weighted by Gasteiger charge is -2.31. The normalized spacial score (nSPS) is 12.2. The third-order valence-corrected chi connectivity index (χ3v) is 5.44. The lowest BCUT2D eigenvalue weighted by Crippen LogP contribution is -2.39. The predicted octanol–water partition coefficient (Wildman–Crippen LogP) is 4.52. The number of para-hydroxylation sites is 1. The van der Waals surface area contributed by atoms with Crippen molar-refractivity contribution in [2.24, 2.45) is 0 Å². The molecule has 0 spiro atoms. The van der Waals surface area contributed by atoms with Crippen LogP contribution in [0.4, 0.5) is 26.7 Å². The summed E-state index contributed by atoms with van der Waals surface area (Å²) in [6.07, 6.45) is 0.344. The molecule has 1 aliphatic heterocycles. The predicted molar refractivity (Wildman–Crippen MR) is 116 cm³/mol. The number of amides is 3. The number of hydrogen-bond acceptors (Lipinski definition) is 5. The van der Waals surface area contributed by atoms with Crippen molar-refractivity contribution in [3.8, 4) is 0 Å². The standard InChI is InChI=1S/C21H26N4O3S/c1-4-28-21(27)23-15-10-11-19-17(14-15)25(16-8-5-6-9-18(16)29-19)20(26)22-12-7-13-24(2)3/h5-6,8-11,14H,4,7,12-13H2,1-3H3,(H,22,26)(H,23,27). The van der Waals surface area contributed by atoms with Gasteiger partial charge in [-0.15, -0.1) is 0 Å². The highest BCUT2D eigenvalue weighted by molar-refractivity contribution is 7.99. The van der Waals surface area contributed by atoms with Crippen LogP contribution in [-0.4, -0.2) is 50.8 Å². The Morgan fingerprint density at radius 3 is 2.62 bits per heavy atom. The third kappa shape index (κ3) is 5.21. The van der Waals surface area contributed by atoms with Crippen molar-refractivity contribution < 1.29 is 14.3 Å². The second-order valence-electron chi connectivity index (χ2n) is 6.82. The van der Waals surface area contributed by atoms with Gasteiger partial charge in [-0.25, -0.2) is 9.59 Å². The van der Waals surface area contributed by atoms with Gasteiger partial charge in [0.05, 0.1) is 18.0 Å². The van der Waals surface area contributed by atoms with Gasteiger partial charge in [0.2, 0.25) is 0 Å². The van der Waals surface area contributed by atoms with Gasteiger partial charge < -0.3 is 15.0 Å². The van der Waals surface area contributed by atoms with Crippen LogP contribution < -0.4 is 15.5 Å². The van der Waals surface area contributed by atoms with Gasteiger partial charge in [-0.1, -0.05) is 23.9 Å². The topological polar surface area (TPSA) is 73.9 Å². The zero-order valence-electron chi connectivity index (χ0n) is 16.9. The Bertz CT molecular complexity index is 888. The highest BCUT2D eigenvalue weighted by Gasteiger charge is 2.28. The van der Waals surface area contributed by atoms with E-state index in [2.05, 4.69) is 15.5 Å². The number of benzene rings is 2. The molecule has 3 amide bonds. The molecule has 0 saturated carbocycles. The smallest absolute Gasteiger partial charge is 0.411 e. The van der Waals surface area contributed by atoms with Gasteiger partial charge in [0.1, 0.15) is 0 Å². The summed E-state index contributed by atoms with van der Waals surface area (Å²) in [5.41, 5.74) is 2.13. The van der Waals surface area contributed by atoms with Crippen molar-refractivity contribution in [3.63, 3.8) is 0 Å². The third-order valence-electron chi connectivity index (χ3n) is 4.31. The number of rotatable bonds is 6. The van der Waals surface area contributed by atoms with Crippen LogP contribution in [0.3, 0.4) is 0 Å². The molecule has 3 rings (SSSR count). The average molecular weight is 415 g/mol. The molecule has 0 radical (unpaired) electrons. The van der Waals surface area contributed by atoms with E-state index in [1.54, 1.807) is 29.7 Å². The minimum Gasteiger partial charge on any atom is -0.450 e. The van der Waals surface area contributed by atoms with Crippen LogP contribution in [0.25, 0.3) is 0 Å². The molecule has 1 heterocycles. The summed E-state index contributed by atoms with van der Waals surface area (Å²) >= 11 is 1.60. The lowest BCUT2D eigenvalue weighted by atomic mass is 10.2. The molecule has 7 nitrogen and oxygen atoms in total. The van der Waals surface area contributed by atoms with E-state index in [4.69, 9.17) is 4.74 Å². The summed E-state index contributed by atoms with van der Waals surface area (Å²) < 4.78 is 4.95. The molecule has 0 saturated heterocycles. The van der Waals surface area contributed by atoms with Gasteiger partial charge in [-0.05, 0) is 64.3 Å². The van der Waals surface area contributed by atoms with E-state index in [1.165, 1.54) is 0 Å². The monoisotopic (exact) mass is 414 g/mol. The van der Waals surface area contributed by atoms with Crippen LogP contribution in [0, 0.1) is 0 Å². The molecule has 2 aromatic carbocycles. The Hall–Kier alpha value is -2.71. The molecule has 2 N–H and O–H groups in total. The quantitative estimate of drug-likeness (QED) is 0.680. The van der Waals surface area contributed by atoms with E-state index < -0.39 is 6.09 Å². The van der Waals surface area contributed by atoms with Crippen molar-refractivity contribution in [1.82, 2.24) is 10.2 Å². The number of carbonyl (C=O) groups is 2. The summed E-state index contributed by atoms with van der Waals surface area (Å²) in [6, 6.07) is 13.1. The fourth-order valence-corrected chi connectivity index (χ4v) is 4.04. The van der Waals surface area contributed by atoms with Crippen LogP contribution in [0.15, 0.2) is 52.3 Å². The van der Waals surface area contributed by atoms with Crippen molar-refractivity contribution in [2.45, 2.75) is 23.1 Å². The van der Waals surface area contributed by atoms with Crippen LogP contribution in [-0.2, 0) is 4.74 Å². The van der Waals surface area contributed by atoms with E-state index in [-0.39, 0.29) is 6.03 Å². The number of urea groups is 1. The molecule has 8 heteroatoms. The zero-order chi connectivity index (χ0) is 20.8. The van der Waals surface area contributed by atoms with Crippen LogP contribution in [0.1, 0.15) is 13.3 Å². The van der Waals surface area contributed by atoms with E-state index in [9.17, 15) is 9.59 Å². The number of fused-ring (bicyclic) bond motifs is 2. The fourth-order valence-electron chi connectivity index (χ4n) is 3.01. The summed E-state index contributed by atoms with van der Waals surface area (Å²) in [5, 5.41) is 5.72. The molecule has 0 fully saturated rings. The first-order chi connectivity index (χ1) is 14.0. The van der Waals surface area contributed by atoms with E-state index in [0.29, 0.717) is 18.8 Å². The molecule has 2 aromatic rings. The van der Waals surface area contributed by atoms with E-state index in [0.717, 1.165) is 34.1 Å². The number of ether oxygens (including phenoxy) is 1. The second-order valence-corrected chi connectivity index (χ2v) is 7.91. The van der Waals surface area contributed by atoms with Gasteiger partial charge in [-0.3, -0.25) is 10.2 Å². The van der Waals surface area contributed by atoms with Crippen molar-refractivity contribution in [2.75, 3.05) is 44.0 Å². The summed E-state index contributed by atoms with van der Waals surface area (Å²) in [4.78, 5) is 30.6. The Morgan fingerprint density at radius 2 is 1.86 bits per heavy atom. The zero-order valence-corrected chi connectivity index (χ0v) is 17.7. The first-order valence-corrected chi connectivity index (χ1v) is 10.4. The fraction of sp³-hybridized carbons (Fsp3) is 0.333. The maximum atomic E-state index is 13.1. The SMILES string of the molecule is CCOC(=O)Nc1ccc2c(c1)N(C(=O)NCCCN(C)C)c1ccccc1S2. The molecule has 0 atom stereocenters. The first-order valence-electron chi connectivity index (χ1n) is 9.57. The largest absolute Gasteiger partial charge is 0.450 e. The Kier molecular flexibility index (Phi) is 7.00. The Balaban J connectivity index is 1.86. The summed E-state index contributed by atoms with van der Waals surface area (Å²) in [5.74, 6) is 0. The minimum absolute atomic E-state index is 0.189. The number of nitrogens with zero attached hydrogens (tertiary/aromatic N) is 2. The molecule has 1 aliphatic rings. The van der Waals surface area contributed by atoms with Crippen LogP contribution in [0.5, 0.6) is 0 Å². The van der Waals surface area contributed by atoms with Crippen LogP contribution >= 0.6 is 11.8 Å². The lowest BCUT2D eigenvalue weighted by molar-refractivity contribution is 0.168. The van der Waals surface area contributed by atoms with Gasteiger partial charge in [-0.2, -0.15) is 0 Å². The minimum atomic E-state index is -0.518. The molecular formula is C21H26N4O3S. The van der Waals surface area contributed by atoms with Gasteiger partial charge >= 0.3 is 12.1 Å². The van der Waals surface area contributed by atoms with Crippen molar-refractivity contribution >= 4 is 40.9 Å². The molecule has 154 valence electrons. The molecular weight excluding hydrogens is 388 g/mol. The maximum absolute atomic E-state index is 13.1. The molecule has 29 heavy (non-hydrogen) atoms. The van der Waals surface area contributed by atoms with Gasteiger partial charge in [0.25, 0.3) is 0 Å². The number of anilines is 3. The molecule has 0 aliphatic carbocycles. The number of carbonyl (C=O) groups excluding carboxylic acids is 2. The maximum Gasteiger partial charge on any atom is 0.411 e. The molecule has 0 unspecified atom stereocenters.